The molecule has 0 radical (unpaired) electrons. The van der Waals surface area contributed by atoms with Crippen LogP contribution in [0.5, 0.6) is 0 Å². The zero-order chi connectivity index (χ0) is 31.2. The van der Waals surface area contributed by atoms with Gasteiger partial charge in [-0.1, -0.05) is 24.3 Å². The van der Waals surface area contributed by atoms with E-state index in [1.54, 1.807) is 6.20 Å². The number of furan rings is 2. The topological polar surface area (TPSA) is 96.5 Å². The molecule has 0 aliphatic heterocycles. The van der Waals surface area contributed by atoms with Crippen LogP contribution in [0.1, 0.15) is 5.69 Å². The monoisotopic (exact) mass is 622 g/mol. The Balaban J connectivity index is 1.09. The lowest BCUT2D eigenvalue weighted by molar-refractivity contribution is 0.666. The van der Waals surface area contributed by atoms with E-state index in [9.17, 15) is 0 Å². The van der Waals surface area contributed by atoms with Crippen molar-refractivity contribution in [1.29, 1.82) is 0 Å². The van der Waals surface area contributed by atoms with Crippen molar-refractivity contribution in [3.05, 3.63) is 109 Å². The van der Waals surface area contributed by atoms with E-state index in [2.05, 4.69) is 90.6 Å². The highest BCUT2D eigenvalue weighted by Crippen LogP contribution is 2.38. The predicted molar refractivity (Wildman–Crippen MR) is 187 cm³/mol. The van der Waals surface area contributed by atoms with Crippen molar-refractivity contribution in [3.63, 3.8) is 0 Å². The number of nitrogens with zero attached hydrogens (tertiary/aromatic N) is 8. The number of hydrogen-bond acceptors (Lipinski definition) is 6. The molecule has 0 saturated heterocycles. The molecule has 0 bridgehead atoms. The molecular formula is C38H22N8O2. The van der Waals surface area contributed by atoms with E-state index < -0.39 is 0 Å². The van der Waals surface area contributed by atoms with E-state index in [0.717, 1.165) is 105 Å². The fourth-order valence-corrected chi connectivity index (χ4v) is 7.86. The fraction of sp³-hybridized carbons (Fsp3) is 0.0526. The Morgan fingerprint density at radius 2 is 1.35 bits per heavy atom. The SMILES string of the molecule is Cn1c2ccccc2n2c3cc4c(cc3nc12)oc1cnc(Cn2c3ccccc3n3c5c(ccc6oc7cnccc7c65)nc23)cc14. The maximum absolute atomic E-state index is 6.33. The van der Waals surface area contributed by atoms with E-state index in [0.29, 0.717) is 6.54 Å². The van der Waals surface area contributed by atoms with E-state index in [1.807, 2.05) is 36.7 Å². The molecule has 8 aromatic heterocycles. The van der Waals surface area contributed by atoms with Crippen molar-refractivity contribution in [2.24, 2.45) is 7.05 Å². The molecule has 4 aromatic carbocycles. The largest absolute Gasteiger partial charge is 0.454 e. The van der Waals surface area contributed by atoms with E-state index in [-0.39, 0.29) is 0 Å². The third-order valence-corrected chi connectivity index (χ3v) is 9.97. The molecular weight excluding hydrogens is 600 g/mol. The zero-order valence-electron chi connectivity index (χ0n) is 25.4. The second-order valence-corrected chi connectivity index (χ2v) is 12.5. The lowest BCUT2D eigenvalue weighted by Gasteiger charge is -2.05. The van der Waals surface area contributed by atoms with Crippen molar-refractivity contribution in [1.82, 2.24) is 37.9 Å². The van der Waals surface area contributed by atoms with Gasteiger partial charge in [0.2, 0.25) is 11.6 Å². The van der Waals surface area contributed by atoms with Crippen LogP contribution >= 0.6 is 0 Å². The van der Waals surface area contributed by atoms with Crippen molar-refractivity contribution in [2.45, 2.75) is 6.54 Å². The summed E-state index contributed by atoms with van der Waals surface area (Å²) in [4.78, 5) is 19.3. The molecule has 0 fully saturated rings. The van der Waals surface area contributed by atoms with Crippen molar-refractivity contribution in [2.75, 3.05) is 0 Å². The normalized spacial score (nSPS) is 12.8. The van der Waals surface area contributed by atoms with Gasteiger partial charge < -0.3 is 18.0 Å². The maximum Gasteiger partial charge on any atom is 0.216 e. The Labute approximate surface area is 268 Å². The fourth-order valence-electron chi connectivity index (χ4n) is 7.86. The Hall–Kier alpha value is -6.68. The van der Waals surface area contributed by atoms with Gasteiger partial charge >= 0.3 is 0 Å². The molecule has 10 nitrogen and oxygen atoms in total. The van der Waals surface area contributed by atoms with Gasteiger partial charge in [0.15, 0.2) is 11.2 Å². The second-order valence-electron chi connectivity index (χ2n) is 12.5. The summed E-state index contributed by atoms with van der Waals surface area (Å²) in [7, 11) is 2.06. The van der Waals surface area contributed by atoms with Crippen LogP contribution in [0.15, 0.2) is 112 Å². The highest BCUT2D eigenvalue weighted by molar-refractivity contribution is 6.18. The molecule has 0 amide bonds. The molecule has 0 unspecified atom stereocenters. The smallest absolute Gasteiger partial charge is 0.216 e. The second kappa shape index (κ2) is 8.37. The zero-order valence-corrected chi connectivity index (χ0v) is 25.4. The summed E-state index contributed by atoms with van der Waals surface area (Å²) in [6, 6.07) is 29.3. The van der Waals surface area contributed by atoms with Crippen LogP contribution in [0.25, 0.3) is 99.6 Å². The molecule has 0 aliphatic carbocycles. The van der Waals surface area contributed by atoms with Crippen LogP contribution in [0.2, 0.25) is 0 Å². The summed E-state index contributed by atoms with van der Waals surface area (Å²) in [6.45, 7) is 0.532. The maximum atomic E-state index is 6.33. The first-order valence-corrected chi connectivity index (χ1v) is 15.8. The lowest BCUT2D eigenvalue weighted by Crippen LogP contribution is -2.02. The van der Waals surface area contributed by atoms with Gasteiger partial charge in [-0.3, -0.25) is 18.8 Å². The molecule has 0 aliphatic rings. The summed E-state index contributed by atoms with van der Waals surface area (Å²) < 4.78 is 21.4. The first-order chi connectivity index (χ1) is 23.7. The van der Waals surface area contributed by atoms with Gasteiger partial charge in [-0.2, -0.15) is 0 Å². The predicted octanol–water partition coefficient (Wildman–Crippen LogP) is 8.37. The number of benzene rings is 4. The van der Waals surface area contributed by atoms with Gasteiger partial charge in [-0.15, -0.1) is 0 Å². The van der Waals surface area contributed by atoms with Gasteiger partial charge in [0.25, 0.3) is 0 Å². The average Bonchev–Trinajstić information content (AvgIpc) is 3.94. The number of rotatable bonds is 2. The summed E-state index contributed by atoms with van der Waals surface area (Å²) in [5.41, 5.74) is 12.3. The van der Waals surface area contributed by atoms with Crippen LogP contribution in [0.3, 0.4) is 0 Å². The van der Waals surface area contributed by atoms with Crippen LogP contribution in [0, 0.1) is 0 Å². The Morgan fingerprint density at radius 3 is 2.25 bits per heavy atom. The number of pyridine rings is 2. The number of hydrogen-bond donors (Lipinski definition) is 0. The third-order valence-electron chi connectivity index (χ3n) is 9.97. The Kier molecular flexibility index (Phi) is 4.28. The van der Waals surface area contributed by atoms with Gasteiger partial charge in [0.05, 0.1) is 74.2 Å². The van der Waals surface area contributed by atoms with Crippen molar-refractivity contribution in [3.8, 4) is 0 Å². The quantitative estimate of drug-likeness (QED) is 0.192. The molecule has 0 N–H and O–H groups in total. The molecule has 48 heavy (non-hydrogen) atoms. The Morgan fingerprint density at radius 1 is 0.604 bits per heavy atom. The molecule has 0 atom stereocenters. The molecule has 226 valence electrons. The molecule has 10 heteroatoms. The average molecular weight is 623 g/mol. The van der Waals surface area contributed by atoms with Gasteiger partial charge in [0, 0.05) is 35.5 Å². The first kappa shape index (κ1) is 24.5. The minimum Gasteiger partial charge on any atom is -0.454 e. The van der Waals surface area contributed by atoms with Crippen LogP contribution in [0.4, 0.5) is 0 Å². The number of aromatic nitrogens is 8. The molecule has 12 aromatic rings. The highest BCUT2D eigenvalue weighted by atomic mass is 16.3. The number of imidazole rings is 4. The lowest BCUT2D eigenvalue weighted by atomic mass is 10.1. The van der Waals surface area contributed by atoms with Gasteiger partial charge in [-0.25, -0.2) is 9.97 Å². The van der Waals surface area contributed by atoms with E-state index in [4.69, 9.17) is 23.8 Å². The Bertz CT molecular complexity index is 3350. The summed E-state index contributed by atoms with van der Waals surface area (Å²) in [5.74, 6) is 1.75. The van der Waals surface area contributed by atoms with Gasteiger partial charge in [0.1, 0.15) is 11.2 Å². The number of para-hydroxylation sites is 4. The van der Waals surface area contributed by atoms with Gasteiger partial charge in [-0.05, 0) is 54.6 Å². The highest BCUT2D eigenvalue weighted by Gasteiger charge is 2.22. The van der Waals surface area contributed by atoms with Crippen LogP contribution in [-0.2, 0) is 13.6 Å². The number of aryl methyl sites for hydroxylation is 1. The van der Waals surface area contributed by atoms with E-state index >= 15 is 0 Å². The summed E-state index contributed by atoms with van der Waals surface area (Å²) in [6.07, 6.45) is 5.41. The number of fused-ring (bicyclic) bond motifs is 17. The standard InChI is InChI=1S/C38H22N8O2/c1-43-26-6-2-4-8-28(26)45-30-15-23-22-14-20(40-18-34(22)48-32(23)16-25(30)42-37(43)45)19-44-27-7-3-5-9-29(27)46-36-24(41-38(44)46)10-11-31-35(36)21-12-13-39-17-33(21)47-31/h2-18H,19H2,1H3. The minimum absolute atomic E-state index is 0.532. The molecule has 0 saturated carbocycles. The van der Waals surface area contributed by atoms with Crippen LogP contribution < -0.4 is 0 Å². The summed E-state index contributed by atoms with van der Waals surface area (Å²) in [5, 5.41) is 4.12. The van der Waals surface area contributed by atoms with Crippen molar-refractivity contribution >= 4 is 99.6 Å². The van der Waals surface area contributed by atoms with Crippen LogP contribution in [-0.4, -0.2) is 37.9 Å². The molecule has 12 rings (SSSR count). The van der Waals surface area contributed by atoms with Crippen molar-refractivity contribution < 1.29 is 8.83 Å². The third kappa shape index (κ3) is 2.93. The minimum atomic E-state index is 0.532. The first-order valence-electron chi connectivity index (χ1n) is 15.8. The molecule has 0 spiro atoms. The van der Waals surface area contributed by atoms with E-state index in [1.165, 1.54) is 0 Å². The summed E-state index contributed by atoms with van der Waals surface area (Å²) >= 11 is 0. The molecule has 8 heterocycles.